The molecule has 0 aromatic rings. The molecule has 0 aromatic carbocycles. The van der Waals surface area contributed by atoms with Gasteiger partial charge in [0.15, 0.2) is 0 Å². The van der Waals surface area contributed by atoms with Gasteiger partial charge in [-0.25, -0.2) is 8.42 Å². The Morgan fingerprint density at radius 3 is 2.61 bits per heavy atom. The third kappa shape index (κ3) is 4.57. The Morgan fingerprint density at radius 2 is 2.06 bits per heavy atom. The van der Waals surface area contributed by atoms with Gasteiger partial charge in [-0.2, -0.15) is 4.31 Å². The average Bonchev–Trinajstić information content (AvgIpc) is 2.27. The van der Waals surface area contributed by atoms with E-state index in [4.69, 9.17) is 0 Å². The fourth-order valence-electron chi connectivity index (χ4n) is 2.17. The first-order valence-electron chi connectivity index (χ1n) is 6.57. The highest BCUT2D eigenvalue weighted by Gasteiger charge is 2.34. The first-order chi connectivity index (χ1) is 8.32. The summed E-state index contributed by atoms with van der Waals surface area (Å²) in [6, 6.07) is -0.513. The van der Waals surface area contributed by atoms with E-state index in [1.54, 1.807) is 0 Å². The number of hydrogen-bond donors (Lipinski definition) is 1. The molecule has 106 valence electrons. The number of piperidine rings is 1. The number of amides is 1. The summed E-state index contributed by atoms with van der Waals surface area (Å²) in [5.41, 5.74) is 0. The van der Waals surface area contributed by atoms with E-state index in [9.17, 15) is 13.2 Å². The van der Waals surface area contributed by atoms with E-state index in [-0.39, 0.29) is 5.91 Å². The van der Waals surface area contributed by atoms with Crippen molar-refractivity contribution in [3.8, 4) is 0 Å². The Bertz CT molecular complexity index is 379. The molecular weight excluding hydrogens is 252 g/mol. The lowest BCUT2D eigenvalue weighted by atomic mass is 10.0. The van der Waals surface area contributed by atoms with Crippen molar-refractivity contribution in [2.75, 3.05) is 19.3 Å². The number of sulfonamides is 1. The number of nitrogens with one attached hydrogen (secondary N) is 1. The van der Waals surface area contributed by atoms with E-state index in [1.807, 2.05) is 0 Å². The van der Waals surface area contributed by atoms with Crippen LogP contribution in [0.1, 0.15) is 39.5 Å². The SMILES string of the molecule is CC(C)CCNC(=O)[C@H]1CCCCN1S(C)(=O)=O. The van der Waals surface area contributed by atoms with Gasteiger partial charge in [-0.3, -0.25) is 4.79 Å². The maximum absolute atomic E-state index is 12.0. The van der Waals surface area contributed by atoms with Crippen LogP contribution in [0, 0.1) is 5.92 Å². The first kappa shape index (κ1) is 15.4. The van der Waals surface area contributed by atoms with Crippen LogP contribution in [-0.4, -0.2) is 44.0 Å². The van der Waals surface area contributed by atoms with Gasteiger partial charge >= 0.3 is 0 Å². The molecule has 1 rings (SSSR count). The van der Waals surface area contributed by atoms with E-state index in [0.29, 0.717) is 25.4 Å². The second kappa shape index (κ2) is 6.52. The van der Waals surface area contributed by atoms with Gasteiger partial charge in [-0.05, 0) is 25.2 Å². The van der Waals surface area contributed by atoms with Crippen LogP contribution in [0.4, 0.5) is 0 Å². The lowest BCUT2D eigenvalue weighted by Gasteiger charge is -2.32. The summed E-state index contributed by atoms with van der Waals surface area (Å²) in [5.74, 6) is 0.378. The van der Waals surface area contributed by atoms with Crippen LogP contribution in [0.5, 0.6) is 0 Å². The van der Waals surface area contributed by atoms with E-state index >= 15 is 0 Å². The van der Waals surface area contributed by atoms with Crippen LogP contribution >= 0.6 is 0 Å². The Balaban J connectivity index is 2.58. The number of carbonyl (C=O) groups is 1. The summed E-state index contributed by atoms with van der Waals surface area (Å²) in [6.45, 7) is 5.26. The van der Waals surface area contributed by atoms with Crippen molar-refractivity contribution in [3.63, 3.8) is 0 Å². The van der Waals surface area contributed by atoms with Crippen molar-refractivity contribution < 1.29 is 13.2 Å². The molecule has 18 heavy (non-hydrogen) atoms. The second-order valence-electron chi connectivity index (χ2n) is 5.36. The highest BCUT2D eigenvalue weighted by molar-refractivity contribution is 7.88. The van der Waals surface area contributed by atoms with Crippen LogP contribution < -0.4 is 5.32 Å². The van der Waals surface area contributed by atoms with Crippen LogP contribution in [0.2, 0.25) is 0 Å². The van der Waals surface area contributed by atoms with E-state index in [0.717, 1.165) is 19.3 Å². The Labute approximate surface area is 110 Å². The Morgan fingerprint density at radius 1 is 1.39 bits per heavy atom. The summed E-state index contributed by atoms with van der Waals surface area (Å²) >= 11 is 0. The summed E-state index contributed by atoms with van der Waals surface area (Å²) < 4.78 is 24.6. The van der Waals surface area contributed by atoms with Crippen molar-refractivity contribution in [3.05, 3.63) is 0 Å². The molecular formula is C12H24N2O3S. The molecule has 0 aromatic heterocycles. The molecule has 1 aliphatic heterocycles. The lowest BCUT2D eigenvalue weighted by molar-refractivity contribution is -0.125. The average molecular weight is 276 g/mol. The van der Waals surface area contributed by atoms with Crippen LogP contribution in [0.25, 0.3) is 0 Å². The van der Waals surface area contributed by atoms with Gasteiger partial charge in [0.25, 0.3) is 0 Å². The molecule has 5 nitrogen and oxygen atoms in total. The zero-order valence-electron chi connectivity index (χ0n) is 11.5. The molecule has 1 heterocycles. The minimum atomic E-state index is -3.29. The quantitative estimate of drug-likeness (QED) is 0.813. The first-order valence-corrected chi connectivity index (χ1v) is 8.41. The van der Waals surface area contributed by atoms with Gasteiger partial charge < -0.3 is 5.32 Å². The molecule has 0 aliphatic carbocycles. The molecule has 1 aliphatic rings. The normalized spacial score (nSPS) is 22.1. The zero-order chi connectivity index (χ0) is 13.8. The second-order valence-corrected chi connectivity index (χ2v) is 7.29. The molecule has 0 radical (unpaired) electrons. The third-order valence-electron chi connectivity index (χ3n) is 3.20. The minimum absolute atomic E-state index is 0.152. The van der Waals surface area contributed by atoms with Crippen LogP contribution in [0.15, 0.2) is 0 Å². The largest absolute Gasteiger partial charge is 0.355 e. The number of hydrogen-bond acceptors (Lipinski definition) is 3. The topological polar surface area (TPSA) is 66.5 Å². The van der Waals surface area contributed by atoms with E-state index in [1.165, 1.54) is 10.6 Å². The number of rotatable bonds is 5. The van der Waals surface area contributed by atoms with Gasteiger partial charge in [-0.15, -0.1) is 0 Å². The molecule has 1 saturated heterocycles. The fourth-order valence-corrected chi connectivity index (χ4v) is 3.29. The van der Waals surface area contributed by atoms with Crippen molar-refractivity contribution in [2.45, 2.75) is 45.6 Å². The van der Waals surface area contributed by atoms with Crippen molar-refractivity contribution in [1.29, 1.82) is 0 Å². The maximum atomic E-state index is 12.0. The molecule has 0 unspecified atom stereocenters. The van der Waals surface area contributed by atoms with Gasteiger partial charge in [-0.1, -0.05) is 20.3 Å². The fraction of sp³-hybridized carbons (Fsp3) is 0.917. The van der Waals surface area contributed by atoms with Gasteiger partial charge in [0.2, 0.25) is 15.9 Å². The molecule has 0 spiro atoms. The molecule has 1 atom stereocenters. The summed E-state index contributed by atoms with van der Waals surface area (Å²) in [7, 11) is -3.29. The van der Waals surface area contributed by atoms with Crippen molar-refractivity contribution >= 4 is 15.9 Å². The van der Waals surface area contributed by atoms with Crippen LogP contribution in [-0.2, 0) is 14.8 Å². The smallest absolute Gasteiger partial charge is 0.238 e. The summed E-state index contributed by atoms with van der Waals surface area (Å²) in [4.78, 5) is 12.0. The van der Waals surface area contributed by atoms with Gasteiger partial charge in [0, 0.05) is 13.1 Å². The van der Waals surface area contributed by atoms with Gasteiger partial charge in [0.05, 0.1) is 6.26 Å². The lowest BCUT2D eigenvalue weighted by Crippen LogP contribution is -2.51. The Hall–Kier alpha value is -0.620. The minimum Gasteiger partial charge on any atom is -0.355 e. The number of carbonyl (C=O) groups excluding carboxylic acids is 1. The molecule has 1 N–H and O–H groups in total. The molecule has 6 heteroatoms. The molecule has 0 saturated carbocycles. The third-order valence-corrected chi connectivity index (χ3v) is 4.49. The monoisotopic (exact) mass is 276 g/mol. The summed E-state index contributed by atoms with van der Waals surface area (Å²) in [5, 5.41) is 2.84. The summed E-state index contributed by atoms with van der Waals surface area (Å²) in [6.07, 6.45) is 4.46. The van der Waals surface area contributed by atoms with E-state index in [2.05, 4.69) is 19.2 Å². The Kier molecular flexibility index (Phi) is 5.59. The zero-order valence-corrected chi connectivity index (χ0v) is 12.3. The molecule has 1 amide bonds. The highest BCUT2D eigenvalue weighted by Crippen LogP contribution is 2.19. The highest BCUT2D eigenvalue weighted by atomic mass is 32.2. The molecule has 0 bridgehead atoms. The van der Waals surface area contributed by atoms with Crippen LogP contribution in [0.3, 0.4) is 0 Å². The predicted octanol–water partition coefficient (Wildman–Crippen LogP) is 0.963. The predicted molar refractivity (Wildman–Crippen MR) is 71.7 cm³/mol. The van der Waals surface area contributed by atoms with Crippen molar-refractivity contribution in [1.82, 2.24) is 9.62 Å². The standard InChI is InChI=1S/C12H24N2O3S/c1-10(2)7-8-13-12(15)11-6-4-5-9-14(11)18(3,16)17/h10-11H,4-9H2,1-3H3,(H,13,15)/t11-/m1/s1. The molecule has 1 fully saturated rings. The number of nitrogens with zero attached hydrogens (tertiary/aromatic N) is 1. The van der Waals surface area contributed by atoms with Gasteiger partial charge in [0.1, 0.15) is 6.04 Å². The van der Waals surface area contributed by atoms with Crippen molar-refractivity contribution in [2.24, 2.45) is 5.92 Å². The van der Waals surface area contributed by atoms with E-state index < -0.39 is 16.1 Å². The maximum Gasteiger partial charge on any atom is 0.238 e.